The zero-order valence-corrected chi connectivity index (χ0v) is 10.3. The first-order chi connectivity index (χ1) is 6.89. The largest absolute Gasteiger partial charge is 0.392 e. The van der Waals surface area contributed by atoms with Crippen LogP contribution in [0, 0.1) is 5.41 Å². The topological polar surface area (TPSA) is 55.6 Å². The Morgan fingerprint density at radius 1 is 1.60 bits per heavy atom. The quantitative estimate of drug-likeness (QED) is 0.719. The van der Waals surface area contributed by atoms with Crippen molar-refractivity contribution in [1.29, 1.82) is 0 Å². The van der Waals surface area contributed by atoms with Gasteiger partial charge in [0.15, 0.2) is 0 Å². The number of carbonyl (C=O) groups is 1. The summed E-state index contributed by atoms with van der Waals surface area (Å²) in [5, 5.41) is 0. The summed E-state index contributed by atoms with van der Waals surface area (Å²) >= 11 is 4.90. The van der Waals surface area contributed by atoms with E-state index >= 15 is 0 Å². The van der Waals surface area contributed by atoms with Gasteiger partial charge < -0.3 is 15.4 Å². The van der Waals surface area contributed by atoms with Gasteiger partial charge >= 0.3 is 0 Å². The van der Waals surface area contributed by atoms with Gasteiger partial charge in [0.05, 0.1) is 16.5 Å². The number of ether oxygens (including phenoxy) is 1. The van der Waals surface area contributed by atoms with Crippen molar-refractivity contribution in [3.8, 4) is 0 Å². The van der Waals surface area contributed by atoms with Crippen molar-refractivity contribution in [2.45, 2.75) is 26.4 Å². The van der Waals surface area contributed by atoms with Crippen molar-refractivity contribution in [1.82, 2.24) is 4.90 Å². The maximum atomic E-state index is 12.1. The number of rotatable bonds is 3. The number of nitrogens with zero attached hydrogens (tertiary/aromatic N) is 1. The SMILES string of the molecule is COC1CCN(C(=O)C(C)(C)C(N)=S)C1. The average Bonchev–Trinajstić information content (AvgIpc) is 2.64. The van der Waals surface area contributed by atoms with E-state index in [4.69, 9.17) is 22.7 Å². The molecule has 0 spiro atoms. The van der Waals surface area contributed by atoms with Gasteiger partial charge in [-0.05, 0) is 20.3 Å². The van der Waals surface area contributed by atoms with Gasteiger partial charge in [-0.2, -0.15) is 0 Å². The summed E-state index contributed by atoms with van der Waals surface area (Å²) in [5.41, 5.74) is 4.81. The summed E-state index contributed by atoms with van der Waals surface area (Å²) in [7, 11) is 1.66. The molecule has 0 aromatic rings. The van der Waals surface area contributed by atoms with E-state index in [1.807, 2.05) is 0 Å². The van der Waals surface area contributed by atoms with E-state index in [2.05, 4.69) is 0 Å². The Morgan fingerprint density at radius 2 is 2.20 bits per heavy atom. The van der Waals surface area contributed by atoms with Crippen molar-refractivity contribution in [3.05, 3.63) is 0 Å². The lowest BCUT2D eigenvalue weighted by Crippen LogP contribution is -2.46. The molecule has 1 amide bonds. The molecule has 4 nitrogen and oxygen atoms in total. The van der Waals surface area contributed by atoms with Crippen molar-refractivity contribution in [3.63, 3.8) is 0 Å². The average molecular weight is 230 g/mol. The summed E-state index contributed by atoms with van der Waals surface area (Å²) in [6, 6.07) is 0. The minimum Gasteiger partial charge on any atom is -0.392 e. The highest BCUT2D eigenvalue weighted by molar-refractivity contribution is 7.80. The van der Waals surface area contributed by atoms with Crippen LogP contribution in [0.4, 0.5) is 0 Å². The van der Waals surface area contributed by atoms with Crippen LogP contribution in [0.25, 0.3) is 0 Å². The standard InChI is InChI=1S/C10H18N2O2S/c1-10(2,8(11)15)9(13)12-5-4-7(6-12)14-3/h7H,4-6H2,1-3H3,(H2,11,15). The van der Waals surface area contributed by atoms with Gasteiger partial charge in [-0.15, -0.1) is 0 Å². The molecule has 0 radical (unpaired) electrons. The molecule has 0 saturated carbocycles. The first-order valence-corrected chi connectivity index (χ1v) is 5.42. The molecular formula is C10H18N2O2S. The second-order valence-electron chi connectivity index (χ2n) is 4.39. The van der Waals surface area contributed by atoms with Gasteiger partial charge in [0.25, 0.3) is 0 Å². The molecule has 15 heavy (non-hydrogen) atoms. The second kappa shape index (κ2) is 4.45. The fourth-order valence-corrected chi connectivity index (χ4v) is 1.69. The Labute approximate surface area is 95.8 Å². The van der Waals surface area contributed by atoms with Crippen LogP contribution in [0.3, 0.4) is 0 Å². The molecular weight excluding hydrogens is 212 g/mol. The van der Waals surface area contributed by atoms with Crippen LogP contribution in [0.2, 0.25) is 0 Å². The highest BCUT2D eigenvalue weighted by Gasteiger charge is 2.37. The Bertz CT molecular complexity index is 279. The number of methoxy groups -OCH3 is 1. The summed E-state index contributed by atoms with van der Waals surface area (Å²) in [6.45, 7) is 4.89. The summed E-state index contributed by atoms with van der Waals surface area (Å²) in [6.07, 6.45) is 1.03. The molecule has 0 aromatic heterocycles. The Balaban J connectivity index is 2.66. The first kappa shape index (κ1) is 12.4. The molecule has 0 aromatic carbocycles. The van der Waals surface area contributed by atoms with E-state index in [-0.39, 0.29) is 17.0 Å². The van der Waals surface area contributed by atoms with Crippen LogP contribution in [-0.2, 0) is 9.53 Å². The molecule has 86 valence electrons. The summed E-state index contributed by atoms with van der Waals surface area (Å²) < 4.78 is 5.21. The van der Waals surface area contributed by atoms with E-state index in [1.165, 1.54) is 0 Å². The molecule has 2 N–H and O–H groups in total. The molecule has 1 rings (SSSR count). The van der Waals surface area contributed by atoms with E-state index in [9.17, 15) is 4.79 Å². The number of hydrogen-bond donors (Lipinski definition) is 1. The monoisotopic (exact) mass is 230 g/mol. The maximum absolute atomic E-state index is 12.1. The molecule has 0 aliphatic carbocycles. The first-order valence-electron chi connectivity index (χ1n) is 5.01. The van der Waals surface area contributed by atoms with Crippen molar-refractivity contribution in [2.24, 2.45) is 11.1 Å². The maximum Gasteiger partial charge on any atom is 0.235 e. The summed E-state index contributed by atoms with van der Waals surface area (Å²) in [4.78, 5) is 14.1. The lowest BCUT2D eigenvalue weighted by molar-refractivity contribution is -0.136. The smallest absolute Gasteiger partial charge is 0.235 e. The van der Waals surface area contributed by atoms with E-state index in [0.29, 0.717) is 6.54 Å². The number of carbonyl (C=O) groups excluding carboxylic acids is 1. The van der Waals surface area contributed by atoms with E-state index in [1.54, 1.807) is 25.9 Å². The fraction of sp³-hybridized carbons (Fsp3) is 0.800. The predicted molar refractivity (Wildman–Crippen MR) is 62.6 cm³/mol. The predicted octanol–water partition coefficient (Wildman–Crippen LogP) is 0.546. The highest BCUT2D eigenvalue weighted by atomic mass is 32.1. The van der Waals surface area contributed by atoms with Gasteiger partial charge in [-0.1, -0.05) is 12.2 Å². The van der Waals surface area contributed by atoms with E-state index < -0.39 is 5.41 Å². The number of nitrogens with two attached hydrogens (primary N) is 1. The second-order valence-corrected chi connectivity index (χ2v) is 4.83. The summed E-state index contributed by atoms with van der Waals surface area (Å²) in [5.74, 6) is -0.00505. The van der Waals surface area contributed by atoms with Crippen LogP contribution < -0.4 is 5.73 Å². The van der Waals surface area contributed by atoms with Crippen molar-refractivity contribution < 1.29 is 9.53 Å². The minimum absolute atomic E-state index is 0.00505. The normalized spacial score (nSPS) is 21.8. The van der Waals surface area contributed by atoms with Crippen molar-refractivity contribution in [2.75, 3.05) is 20.2 Å². The Hall–Kier alpha value is -0.680. The third-order valence-electron chi connectivity index (χ3n) is 2.92. The minimum atomic E-state index is -0.752. The third-order valence-corrected chi connectivity index (χ3v) is 3.43. The molecule has 1 heterocycles. The lowest BCUT2D eigenvalue weighted by atomic mass is 9.92. The molecule has 1 fully saturated rings. The zero-order valence-electron chi connectivity index (χ0n) is 9.45. The van der Waals surface area contributed by atoms with E-state index in [0.717, 1.165) is 13.0 Å². The number of amides is 1. The number of likely N-dealkylation sites (tertiary alicyclic amines) is 1. The fourth-order valence-electron chi connectivity index (χ4n) is 1.61. The lowest BCUT2D eigenvalue weighted by Gasteiger charge is -2.28. The third kappa shape index (κ3) is 2.46. The Kier molecular flexibility index (Phi) is 3.67. The van der Waals surface area contributed by atoms with Gasteiger partial charge in [-0.3, -0.25) is 4.79 Å². The van der Waals surface area contributed by atoms with Gasteiger partial charge in [-0.25, -0.2) is 0 Å². The number of thiocarbonyl (C=S) groups is 1. The zero-order chi connectivity index (χ0) is 11.6. The van der Waals surface area contributed by atoms with Crippen LogP contribution in [0.15, 0.2) is 0 Å². The van der Waals surface area contributed by atoms with Gasteiger partial charge in [0.2, 0.25) is 5.91 Å². The van der Waals surface area contributed by atoms with Crippen LogP contribution in [0.5, 0.6) is 0 Å². The van der Waals surface area contributed by atoms with Crippen LogP contribution >= 0.6 is 12.2 Å². The van der Waals surface area contributed by atoms with Crippen molar-refractivity contribution >= 4 is 23.1 Å². The highest BCUT2D eigenvalue weighted by Crippen LogP contribution is 2.23. The van der Waals surface area contributed by atoms with Gasteiger partial charge in [0, 0.05) is 20.2 Å². The number of hydrogen-bond acceptors (Lipinski definition) is 3. The molecule has 1 atom stereocenters. The molecule has 1 aliphatic rings. The van der Waals surface area contributed by atoms with Gasteiger partial charge in [0.1, 0.15) is 0 Å². The molecule has 1 aliphatic heterocycles. The molecule has 1 saturated heterocycles. The van der Waals surface area contributed by atoms with Crippen LogP contribution in [0.1, 0.15) is 20.3 Å². The van der Waals surface area contributed by atoms with Crippen LogP contribution in [-0.4, -0.2) is 42.1 Å². The Morgan fingerprint density at radius 3 is 2.60 bits per heavy atom. The molecule has 0 bridgehead atoms. The molecule has 5 heteroatoms. The molecule has 1 unspecified atom stereocenters.